The average molecular weight is 934 g/mol. The quantitative estimate of drug-likeness (QED) is 0.0829. The van der Waals surface area contributed by atoms with Crippen molar-refractivity contribution in [1.29, 1.82) is 0 Å². The summed E-state index contributed by atoms with van der Waals surface area (Å²) in [6.07, 6.45) is 12.5. The Labute approximate surface area is 401 Å². The second-order valence-electron chi connectivity index (χ2n) is 20.5. The molecule has 1 amide bonds. The van der Waals surface area contributed by atoms with Crippen molar-refractivity contribution in [2.45, 2.75) is 120 Å². The molecule has 67 heavy (non-hydrogen) atoms. The topological polar surface area (TPSA) is 123 Å². The first-order chi connectivity index (χ1) is 32.4. The number of anilines is 1. The Bertz CT molecular complexity index is 2370. The van der Waals surface area contributed by atoms with Gasteiger partial charge in [-0.25, -0.2) is 4.79 Å². The van der Waals surface area contributed by atoms with Crippen molar-refractivity contribution in [2.75, 3.05) is 65.0 Å². The lowest BCUT2D eigenvalue weighted by molar-refractivity contribution is -0.193. The van der Waals surface area contributed by atoms with Gasteiger partial charge < -0.3 is 34.3 Å². The van der Waals surface area contributed by atoms with E-state index >= 15 is 0 Å². The zero-order chi connectivity index (χ0) is 46.6. The molecule has 12 heteroatoms. The number of hydrogen-bond donors (Lipinski definition) is 2. The van der Waals surface area contributed by atoms with Gasteiger partial charge in [-0.15, -0.1) is 0 Å². The van der Waals surface area contributed by atoms with Crippen LogP contribution in [0.4, 0.5) is 5.69 Å². The Morgan fingerprint density at radius 3 is 2.55 bits per heavy atom. The smallest absolute Gasteiger partial charge is 0.329 e. The van der Waals surface area contributed by atoms with Crippen molar-refractivity contribution in [3.05, 3.63) is 112 Å². The molecule has 1 aromatic heterocycles. The van der Waals surface area contributed by atoms with E-state index in [1.807, 2.05) is 48.5 Å². The maximum Gasteiger partial charge on any atom is 0.329 e. The lowest BCUT2D eigenvalue weighted by atomic mass is 9.59. The van der Waals surface area contributed by atoms with Gasteiger partial charge in [0.1, 0.15) is 29.4 Å². The molecule has 2 spiro atoms. The number of carbonyl (C=O) groups excluding carboxylic acids is 1. The van der Waals surface area contributed by atoms with E-state index in [0.29, 0.717) is 68.9 Å². The third kappa shape index (κ3) is 10.3. The molecule has 0 bridgehead atoms. The molecular weight excluding hydrogens is 864 g/mol. The number of fused-ring (bicyclic) bond motifs is 3. The molecule has 5 aliphatic rings. The minimum absolute atomic E-state index is 0.0992. The number of nitrogens with one attached hydrogen (secondary N) is 1. The van der Waals surface area contributed by atoms with Crippen LogP contribution in [0.5, 0.6) is 17.2 Å². The molecule has 358 valence electrons. The molecule has 3 fully saturated rings. The number of carboxylic acid groups (broad SMARTS) is 1. The van der Waals surface area contributed by atoms with Crippen molar-refractivity contribution in [1.82, 2.24) is 14.8 Å². The molecule has 3 aromatic carbocycles. The van der Waals surface area contributed by atoms with Crippen LogP contribution in [0.2, 0.25) is 5.02 Å². The molecule has 2 N–H and O–H groups in total. The molecular formula is C55H69ClN4O7. The van der Waals surface area contributed by atoms with Gasteiger partial charge in [-0.1, -0.05) is 49.7 Å². The number of carboxylic acids is 1. The first-order valence-corrected chi connectivity index (χ1v) is 25.2. The third-order valence-electron chi connectivity index (χ3n) is 16.0. The fraction of sp³-hybridized carbons (Fsp3) is 0.545. The maximum absolute atomic E-state index is 13.2. The van der Waals surface area contributed by atoms with Crippen molar-refractivity contribution < 1.29 is 33.6 Å². The summed E-state index contributed by atoms with van der Waals surface area (Å²) >= 11 is 6.34. The Hall–Kier alpha value is -4.84. The van der Waals surface area contributed by atoms with E-state index in [-0.39, 0.29) is 22.8 Å². The zero-order valence-corrected chi connectivity index (χ0v) is 40.5. The summed E-state index contributed by atoms with van der Waals surface area (Å²) in [5.41, 5.74) is 5.85. The van der Waals surface area contributed by atoms with Crippen molar-refractivity contribution in [3.63, 3.8) is 0 Å². The number of nitrogens with zero attached hydrogens (tertiary/aromatic N) is 3. The molecule has 4 aromatic rings. The van der Waals surface area contributed by atoms with E-state index < -0.39 is 11.5 Å². The number of rotatable bonds is 20. The van der Waals surface area contributed by atoms with E-state index in [2.05, 4.69) is 59.4 Å². The minimum atomic E-state index is -1.11. The molecule has 3 heterocycles. The maximum atomic E-state index is 13.2. The molecule has 2 saturated heterocycles. The van der Waals surface area contributed by atoms with Crippen molar-refractivity contribution >= 4 is 29.2 Å². The number of halogens is 1. The second kappa shape index (κ2) is 20.4. The van der Waals surface area contributed by atoms with Gasteiger partial charge in [0.25, 0.3) is 0 Å². The molecule has 1 unspecified atom stereocenters. The normalized spacial score (nSPS) is 24.2. The molecule has 2 aliphatic heterocycles. The fourth-order valence-corrected chi connectivity index (χ4v) is 12.0. The highest BCUT2D eigenvalue weighted by Crippen LogP contribution is 2.57. The van der Waals surface area contributed by atoms with E-state index in [4.69, 9.17) is 30.5 Å². The van der Waals surface area contributed by atoms with Gasteiger partial charge in [0.05, 0.1) is 32.0 Å². The highest BCUT2D eigenvalue weighted by atomic mass is 35.5. The number of aromatic nitrogens is 1. The third-order valence-corrected chi connectivity index (χ3v) is 16.3. The van der Waals surface area contributed by atoms with E-state index in [1.54, 1.807) is 12.1 Å². The van der Waals surface area contributed by atoms with Crippen molar-refractivity contribution in [2.24, 2.45) is 11.8 Å². The summed E-state index contributed by atoms with van der Waals surface area (Å²) in [6.45, 7) is 10.6. The van der Waals surface area contributed by atoms with Crippen LogP contribution in [0, 0.1) is 11.8 Å². The first kappa shape index (κ1) is 47.2. The molecule has 11 nitrogen and oxygen atoms in total. The van der Waals surface area contributed by atoms with Gasteiger partial charge >= 0.3 is 5.97 Å². The number of aryl methyl sites for hydroxylation is 1. The zero-order valence-electron chi connectivity index (χ0n) is 39.7. The highest BCUT2D eigenvalue weighted by molar-refractivity contribution is 6.30. The summed E-state index contributed by atoms with van der Waals surface area (Å²) in [5.74, 6) is 2.92. The van der Waals surface area contributed by atoms with Crippen LogP contribution in [0.15, 0.2) is 79.0 Å². The second-order valence-corrected chi connectivity index (χ2v) is 20.9. The summed E-state index contributed by atoms with van der Waals surface area (Å²) in [5, 5.41) is 14.7. The fourth-order valence-electron chi connectivity index (χ4n) is 11.9. The van der Waals surface area contributed by atoms with Crippen LogP contribution in [0.1, 0.15) is 112 Å². The van der Waals surface area contributed by atoms with E-state index in [9.17, 15) is 14.7 Å². The van der Waals surface area contributed by atoms with Gasteiger partial charge in [0.15, 0.2) is 0 Å². The number of ether oxygens (including phenoxy) is 4. The lowest BCUT2D eigenvalue weighted by Crippen LogP contribution is -2.71. The van der Waals surface area contributed by atoms with Crippen LogP contribution >= 0.6 is 11.6 Å². The van der Waals surface area contributed by atoms with Crippen LogP contribution in [0.3, 0.4) is 0 Å². The number of carbonyl (C=O) groups is 2. The molecule has 1 saturated carbocycles. The van der Waals surface area contributed by atoms with Gasteiger partial charge in [-0.3, -0.25) is 14.7 Å². The van der Waals surface area contributed by atoms with Crippen LogP contribution in [0.25, 0.3) is 0 Å². The molecule has 3 atom stereocenters. The summed E-state index contributed by atoms with van der Waals surface area (Å²) in [7, 11) is 1.88. The number of likely N-dealkylation sites (tertiary alicyclic amines) is 1. The number of aliphatic carboxylic acids is 1. The van der Waals surface area contributed by atoms with Crippen molar-refractivity contribution in [3.8, 4) is 17.2 Å². The predicted molar refractivity (Wildman–Crippen MR) is 262 cm³/mol. The number of hydrogen-bond acceptors (Lipinski definition) is 9. The summed E-state index contributed by atoms with van der Waals surface area (Å²) in [6, 6.07) is 24.1. The van der Waals surface area contributed by atoms with Gasteiger partial charge in [0.2, 0.25) is 5.91 Å². The van der Waals surface area contributed by atoms with Gasteiger partial charge in [-0.05, 0) is 165 Å². The van der Waals surface area contributed by atoms with Gasteiger partial charge in [-0.2, -0.15) is 0 Å². The van der Waals surface area contributed by atoms with Gasteiger partial charge in [0, 0.05) is 61.3 Å². The average Bonchev–Trinajstić information content (AvgIpc) is 3.58. The Morgan fingerprint density at radius 2 is 1.79 bits per heavy atom. The largest absolute Gasteiger partial charge is 0.494 e. The Morgan fingerprint density at radius 1 is 0.985 bits per heavy atom. The standard InChI is InChI=1S/C55H69ClN4O7/c1-38(35-67-49-17-24-57-48-13-4-8-39(2)51(48)49)30-42-32-41-15-16-46(34-47(41)54(42)19-21-55(22-20-54,52(62)63)58-44-11-6-10-43(56)33-44)65-28-7-14-50(61)59(3)25-18-40-9-5-12-45(31-40)66-29-27-60-26-23-53(60)36-64-37-53/h5-6,9-12,15-17,24,31,33-34,38-39,42,58H,4,7-8,13-14,18-23,25-30,32,35-37H2,1-3H3,(H,62,63)/t38-,39-,42?,54?,55?/m1/s1. The first-order valence-electron chi connectivity index (χ1n) is 24.9. The lowest BCUT2D eigenvalue weighted by Gasteiger charge is -2.57. The SMILES string of the molecule is C[C@@H](COc1ccnc2c1[C@H](C)CCC2)CC1Cc2ccc(OCCCC(=O)N(C)CCc3cccc(OCCN4CCC45COC5)c3)cc2C12CCC(Nc1cccc(Cl)c1)(C(=O)O)CC2. The summed E-state index contributed by atoms with van der Waals surface area (Å²) < 4.78 is 24.6. The van der Waals surface area contributed by atoms with Crippen LogP contribution in [-0.4, -0.2) is 103 Å². The molecule has 3 aliphatic carbocycles. The molecule has 0 radical (unpaired) electrons. The number of likely N-dealkylation sites (N-methyl/N-ethyl adjacent to an activating group) is 1. The Kier molecular flexibility index (Phi) is 14.4. The highest BCUT2D eigenvalue weighted by Gasteiger charge is 2.54. The minimum Gasteiger partial charge on any atom is -0.494 e. The van der Waals surface area contributed by atoms with E-state index in [0.717, 1.165) is 106 Å². The monoisotopic (exact) mass is 932 g/mol. The Balaban J connectivity index is 0.806. The van der Waals surface area contributed by atoms with Crippen LogP contribution in [-0.2, 0) is 39.0 Å². The predicted octanol–water partition coefficient (Wildman–Crippen LogP) is 9.91. The number of pyridine rings is 1. The number of benzene rings is 3. The van der Waals surface area contributed by atoms with E-state index in [1.165, 1.54) is 28.8 Å². The molecule has 9 rings (SSSR count). The summed E-state index contributed by atoms with van der Waals surface area (Å²) in [4.78, 5) is 35.4. The van der Waals surface area contributed by atoms with Crippen LogP contribution < -0.4 is 19.5 Å². The number of amides is 1.